The lowest BCUT2D eigenvalue weighted by Crippen LogP contribution is -2.21. The van der Waals surface area contributed by atoms with E-state index >= 15 is 0 Å². The summed E-state index contributed by atoms with van der Waals surface area (Å²) in [4.78, 5) is 3.82. The average Bonchev–Trinajstić information content (AvgIpc) is 2.96. The first-order valence-electron chi connectivity index (χ1n) is 4.97. The van der Waals surface area contributed by atoms with Gasteiger partial charge >= 0.3 is 0 Å². The lowest BCUT2D eigenvalue weighted by molar-refractivity contribution is 0.633. The van der Waals surface area contributed by atoms with Crippen LogP contribution in [0.3, 0.4) is 0 Å². The van der Waals surface area contributed by atoms with Gasteiger partial charge in [-0.05, 0) is 18.4 Å². The Labute approximate surface area is 88.4 Å². The summed E-state index contributed by atoms with van der Waals surface area (Å²) < 4.78 is 1.63. The highest BCUT2D eigenvalue weighted by molar-refractivity contribution is 5.06. The third-order valence-electron chi connectivity index (χ3n) is 2.24. The zero-order valence-electron chi connectivity index (χ0n) is 8.48. The van der Waals surface area contributed by atoms with E-state index in [1.165, 1.54) is 12.8 Å². The molecule has 0 spiro atoms. The average molecular weight is 203 g/mol. The van der Waals surface area contributed by atoms with E-state index in [9.17, 15) is 0 Å². The minimum atomic E-state index is 0.206. The van der Waals surface area contributed by atoms with Crippen LogP contribution in [0.1, 0.15) is 18.7 Å². The first-order valence-corrected chi connectivity index (χ1v) is 4.97. The summed E-state index contributed by atoms with van der Waals surface area (Å²) in [6, 6.07) is 2.58. The van der Waals surface area contributed by atoms with Crippen LogP contribution in [0.5, 0.6) is 0 Å². The molecule has 0 aromatic carbocycles. The Morgan fingerprint density at radius 2 is 2.53 bits per heavy atom. The van der Waals surface area contributed by atoms with E-state index in [2.05, 4.69) is 22.0 Å². The zero-order chi connectivity index (χ0) is 10.7. The first-order chi connectivity index (χ1) is 7.28. The van der Waals surface area contributed by atoms with Crippen molar-refractivity contribution in [2.75, 3.05) is 6.54 Å². The second-order valence-electron chi connectivity index (χ2n) is 3.78. The van der Waals surface area contributed by atoms with Gasteiger partial charge in [0.1, 0.15) is 12.4 Å². The minimum Gasteiger partial charge on any atom is -0.310 e. The Balaban J connectivity index is 1.79. The molecular formula is C10H13N5. The molecule has 0 saturated heterocycles. The molecule has 2 rings (SSSR count). The molecule has 1 aromatic rings. The van der Waals surface area contributed by atoms with E-state index in [4.69, 9.17) is 5.26 Å². The van der Waals surface area contributed by atoms with E-state index in [0.29, 0.717) is 12.6 Å². The number of nitrogens with zero attached hydrogens (tertiary/aromatic N) is 4. The summed E-state index contributed by atoms with van der Waals surface area (Å²) in [7, 11) is 0. The fourth-order valence-electron chi connectivity index (χ4n) is 1.28. The van der Waals surface area contributed by atoms with Crippen molar-refractivity contribution in [3.63, 3.8) is 0 Å². The summed E-state index contributed by atoms with van der Waals surface area (Å²) in [6.45, 7) is 5.38. The van der Waals surface area contributed by atoms with Crippen molar-refractivity contribution in [1.29, 1.82) is 5.26 Å². The van der Waals surface area contributed by atoms with Crippen LogP contribution in [-0.2, 0) is 6.54 Å². The van der Waals surface area contributed by atoms with Crippen molar-refractivity contribution in [2.24, 2.45) is 0 Å². The topological polar surface area (TPSA) is 66.5 Å². The van der Waals surface area contributed by atoms with Crippen molar-refractivity contribution in [3.05, 3.63) is 24.3 Å². The molecule has 15 heavy (non-hydrogen) atoms. The number of rotatable bonds is 5. The van der Waals surface area contributed by atoms with Gasteiger partial charge in [0.2, 0.25) is 0 Å². The maximum Gasteiger partial charge on any atom is 0.252 e. The Morgan fingerprint density at radius 3 is 3.13 bits per heavy atom. The van der Waals surface area contributed by atoms with Gasteiger partial charge < -0.3 is 5.32 Å². The third kappa shape index (κ3) is 2.89. The van der Waals surface area contributed by atoms with Crippen molar-refractivity contribution >= 4 is 0 Å². The molecule has 0 radical (unpaired) electrons. The van der Waals surface area contributed by atoms with Crippen LogP contribution >= 0.6 is 0 Å². The largest absolute Gasteiger partial charge is 0.310 e. The normalized spacial score (nSPS) is 14.9. The van der Waals surface area contributed by atoms with Gasteiger partial charge in [0.15, 0.2) is 0 Å². The van der Waals surface area contributed by atoms with Crippen LogP contribution in [-0.4, -0.2) is 27.4 Å². The minimum absolute atomic E-state index is 0.206. The molecule has 0 aliphatic heterocycles. The van der Waals surface area contributed by atoms with Gasteiger partial charge in [-0.1, -0.05) is 6.58 Å². The summed E-state index contributed by atoms with van der Waals surface area (Å²) in [5, 5.41) is 15.9. The second kappa shape index (κ2) is 4.24. The van der Waals surface area contributed by atoms with E-state index in [1.54, 1.807) is 11.0 Å². The van der Waals surface area contributed by atoms with Crippen LogP contribution in [0.15, 0.2) is 18.5 Å². The molecule has 0 unspecified atom stereocenters. The molecule has 1 aromatic heterocycles. The number of hydrogen-bond acceptors (Lipinski definition) is 4. The molecule has 0 atom stereocenters. The predicted octanol–water partition coefficient (Wildman–Crippen LogP) is 0.458. The van der Waals surface area contributed by atoms with Crippen LogP contribution in [0, 0.1) is 11.3 Å². The van der Waals surface area contributed by atoms with E-state index in [1.807, 2.05) is 6.07 Å². The molecule has 1 N–H and O–H groups in total. The maximum absolute atomic E-state index is 8.55. The Bertz CT molecular complexity index is 396. The third-order valence-corrected chi connectivity index (χ3v) is 2.24. The number of aromatic nitrogens is 3. The molecule has 0 amide bonds. The van der Waals surface area contributed by atoms with Gasteiger partial charge in [0, 0.05) is 12.6 Å². The highest BCUT2D eigenvalue weighted by atomic mass is 15.3. The summed E-state index contributed by atoms with van der Waals surface area (Å²) in [6.07, 6.45) is 4.10. The van der Waals surface area contributed by atoms with Gasteiger partial charge in [0.25, 0.3) is 5.82 Å². The summed E-state index contributed by atoms with van der Waals surface area (Å²) >= 11 is 0. The van der Waals surface area contributed by atoms with E-state index in [-0.39, 0.29) is 5.82 Å². The fraction of sp³-hybridized carbons (Fsp3) is 0.500. The van der Waals surface area contributed by atoms with Crippen LogP contribution in [0.25, 0.3) is 0 Å². The molecule has 1 aliphatic carbocycles. The van der Waals surface area contributed by atoms with Crippen molar-refractivity contribution < 1.29 is 0 Å². The van der Waals surface area contributed by atoms with E-state index < -0.39 is 0 Å². The van der Waals surface area contributed by atoms with Gasteiger partial charge in [-0.25, -0.2) is 9.67 Å². The quantitative estimate of drug-likeness (QED) is 0.706. The Hall–Kier alpha value is -1.67. The fourth-order valence-corrected chi connectivity index (χ4v) is 1.28. The standard InChI is InChI=1S/C10H13N5/c1-8(5-12-9-2-3-9)6-15-7-13-10(4-11)14-15/h7,9,12H,1-3,5-6H2. The van der Waals surface area contributed by atoms with Crippen molar-refractivity contribution in [3.8, 4) is 6.07 Å². The predicted molar refractivity (Wildman–Crippen MR) is 54.9 cm³/mol. The lowest BCUT2D eigenvalue weighted by atomic mass is 10.3. The van der Waals surface area contributed by atoms with Crippen LogP contribution < -0.4 is 5.32 Å². The lowest BCUT2D eigenvalue weighted by Gasteiger charge is -2.05. The van der Waals surface area contributed by atoms with Gasteiger partial charge in [-0.3, -0.25) is 0 Å². The zero-order valence-corrected chi connectivity index (χ0v) is 8.48. The molecular weight excluding hydrogens is 190 g/mol. The molecule has 5 nitrogen and oxygen atoms in total. The number of nitrogens with one attached hydrogen (secondary N) is 1. The molecule has 1 fully saturated rings. The molecule has 5 heteroatoms. The Morgan fingerprint density at radius 1 is 1.73 bits per heavy atom. The SMILES string of the molecule is C=C(CNC1CC1)Cn1cnc(C#N)n1. The molecule has 1 heterocycles. The van der Waals surface area contributed by atoms with Crippen LogP contribution in [0.4, 0.5) is 0 Å². The summed E-state index contributed by atoms with van der Waals surface area (Å²) in [5.41, 5.74) is 1.05. The number of nitriles is 1. The monoisotopic (exact) mass is 203 g/mol. The van der Waals surface area contributed by atoms with Crippen molar-refractivity contribution in [2.45, 2.75) is 25.4 Å². The molecule has 0 bridgehead atoms. The van der Waals surface area contributed by atoms with Crippen LogP contribution in [0.2, 0.25) is 0 Å². The molecule has 1 aliphatic rings. The van der Waals surface area contributed by atoms with E-state index in [0.717, 1.165) is 12.1 Å². The summed E-state index contributed by atoms with van der Waals surface area (Å²) in [5.74, 6) is 0.206. The van der Waals surface area contributed by atoms with Crippen molar-refractivity contribution in [1.82, 2.24) is 20.1 Å². The molecule has 78 valence electrons. The van der Waals surface area contributed by atoms with Gasteiger partial charge in [-0.15, -0.1) is 5.10 Å². The van der Waals surface area contributed by atoms with Gasteiger partial charge in [0.05, 0.1) is 6.54 Å². The smallest absolute Gasteiger partial charge is 0.252 e. The highest BCUT2D eigenvalue weighted by Crippen LogP contribution is 2.18. The first kappa shape index (κ1) is 9.87. The Kier molecular flexibility index (Phi) is 2.79. The molecule has 1 saturated carbocycles. The van der Waals surface area contributed by atoms with Gasteiger partial charge in [-0.2, -0.15) is 5.26 Å². The second-order valence-corrected chi connectivity index (χ2v) is 3.78. The number of hydrogen-bond donors (Lipinski definition) is 1. The highest BCUT2D eigenvalue weighted by Gasteiger charge is 2.20. The maximum atomic E-state index is 8.55.